The minimum atomic E-state index is -0.582. The van der Waals surface area contributed by atoms with Gasteiger partial charge in [0.1, 0.15) is 0 Å². The topological polar surface area (TPSA) is 75.4 Å². The predicted octanol–water partition coefficient (Wildman–Crippen LogP) is 2.39. The zero-order valence-corrected chi connectivity index (χ0v) is 15.8. The van der Waals surface area contributed by atoms with Gasteiger partial charge in [0.15, 0.2) is 0 Å². The largest absolute Gasteiger partial charge is 0.346 e. The van der Waals surface area contributed by atoms with Crippen LogP contribution >= 0.6 is 0 Å². The molecule has 1 aromatic carbocycles. The van der Waals surface area contributed by atoms with E-state index in [1.165, 1.54) is 5.56 Å². The number of amides is 2. The molecular weight excluding hydrogens is 314 g/mol. The highest BCUT2D eigenvalue weighted by molar-refractivity contribution is 5.87. The molecule has 1 heterocycles. The molecule has 0 radical (unpaired) electrons. The molecule has 3 atom stereocenters. The summed E-state index contributed by atoms with van der Waals surface area (Å²) in [6.07, 6.45) is 2.10. The average Bonchev–Trinajstić information content (AvgIpc) is 2.59. The van der Waals surface area contributed by atoms with Crippen LogP contribution in [0.2, 0.25) is 0 Å². The molecule has 5 nitrogen and oxygen atoms in total. The van der Waals surface area contributed by atoms with Crippen molar-refractivity contribution in [2.45, 2.75) is 52.6 Å². The Hall–Kier alpha value is -1.88. The van der Waals surface area contributed by atoms with Gasteiger partial charge in [0.2, 0.25) is 11.8 Å². The van der Waals surface area contributed by atoms with Gasteiger partial charge < -0.3 is 16.0 Å². The maximum Gasteiger partial charge on any atom is 0.242 e. The molecule has 0 saturated carbocycles. The van der Waals surface area contributed by atoms with Gasteiger partial charge in [-0.1, -0.05) is 50.6 Å². The van der Waals surface area contributed by atoms with Gasteiger partial charge in [-0.15, -0.1) is 0 Å². The summed E-state index contributed by atoms with van der Waals surface area (Å²) in [6, 6.07) is 7.87. The lowest BCUT2D eigenvalue weighted by molar-refractivity contribution is -0.137. The molecule has 5 heteroatoms. The van der Waals surface area contributed by atoms with E-state index in [-0.39, 0.29) is 30.3 Å². The van der Waals surface area contributed by atoms with E-state index in [1.54, 1.807) is 0 Å². The maximum atomic E-state index is 12.8. The number of hydrogen-bond donors (Lipinski definition) is 2. The molecule has 0 spiro atoms. The predicted molar refractivity (Wildman–Crippen MR) is 99.9 cm³/mol. The van der Waals surface area contributed by atoms with E-state index in [4.69, 9.17) is 5.73 Å². The first kappa shape index (κ1) is 19.4. The van der Waals surface area contributed by atoms with E-state index in [0.29, 0.717) is 5.92 Å². The monoisotopic (exact) mass is 345 g/mol. The SMILES string of the molecule is Cc1ccc(C2C(C)CCCN2C(=O)CNC(=O)[C@@H](N)C(C)C)cc1. The molecular formula is C20H31N3O2. The van der Waals surface area contributed by atoms with Gasteiger partial charge >= 0.3 is 0 Å². The van der Waals surface area contributed by atoms with Gasteiger partial charge in [0.05, 0.1) is 18.6 Å². The van der Waals surface area contributed by atoms with Crippen LogP contribution < -0.4 is 11.1 Å². The summed E-state index contributed by atoms with van der Waals surface area (Å²) in [5, 5.41) is 2.70. The molecule has 3 N–H and O–H groups in total. The molecule has 2 rings (SSSR count). The summed E-state index contributed by atoms with van der Waals surface area (Å²) < 4.78 is 0. The van der Waals surface area contributed by atoms with Crippen LogP contribution in [0.3, 0.4) is 0 Å². The van der Waals surface area contributed by atoms with E-state index in [9.17, 15) is 9.59 Å². The Balaban J connectivity index is 2.07. The number of nitrogens with one attached hydrogen (secondary N) is 1. The minimum absolute atomic E-state index is 0.00827. The van der Waals surface area contributed by atoms with Gasteiger partial charge in [-0.25, -0.2) is 0 Å². The van der Waals surface area contributed by atoms with Crippen LogP contribution in [-0.2, 0) is 9.59 Å². The van der Waals surface area contributed by atoms with Crippen molar-refractivity contribution in [2.75, 3.05) is 13.1 Å². The molecule has 0 bridgehead atoms. The third-order valence-electron chi connectivity index (χ3n) is 5.11. The molecule has 1 saturated heterocycles. The van der Waals surface area contributed by atoms with Gasteiger partial charge in [-0.3, -0.25) is 9.59 Å². The van der Waals surface area contributed by atoms with E-state index >= 15 is 0 Å². The van der Waals surface area contributed by atoms with Crippen molar-refractivity contribution in [1.82, 2.24) is 10.2 Å². The lowest BCUT2D eigenvalue weighted by Crippen LogP contribution is -2.50. The number of aryl methyl sites for hydroxylation is 1. The van der Waals surface area contributed by atoms with Gasteiger partial charge in [-0.05, 0) is 37.2 Å². The number of likely N-dealkylation sites (tertiary alicyclic amines) is 1. The summed E-state index contributed by atoms with van der Waals surface area (Å²) in [5.41, 5.74) is 8.21. The van der Waals surface area contributed by atoms with Crippen LogP contribution in [0.1, 0.15) is 50.8 Å². The van der Waals surface area contributed by atoms with Gasteiger partial charge in [0, 0.05) is 6.54 Å². The first-order chi connectivity index (χ1) is 11.8. The van der Waals surface area contributed by atoms with Crippen molar-refractivity contribution in [3.05, 3.63) is 35.4 Å². The van der Waals surface area contributed by atoms with Crippen molar-refractivity contribution >= 4 is 11.8 Å². The highest BCUT2D eigenvalue weighted by atomic mass is 16.2. The molecule has 0 aromatic heterocycles. The van der Waals surface area contributed by atoms with E-state index in [0.717, 1.165) is 24.9 Å². The van der Waals surface area contributed by atoms with Crippen LogP contribution in [0.25, 0.3) is 0 Å². The summed E-state index contributed by atoms with van der Waals surface area (Å²) in [5.74, 6) is 0.140. The van der Waals surface area contributed by atoms with Gasteiger partial charge in [0.25, 0.3) is 0 Å². The molecule has 138 valence electrons. The number of nitrogens with two attached hydrogens (primary N) is 1. The molecule has 2 amide bonds. The first-order valence-electron chi connectivity index (χ1n) is 9.20. The molecule has 2 unspecified atom stereocenters. The Morgan fingerprint density at radius 2 is 1.92 bits per heavy atom. The number of carbonyl (C=O) groups excluding carboxylic acids is 2. The van der Waals surface area contributed by atoms with E-state index in [2.05, 4.69) is 43.4 Å². The second kappa shape index (κ2) is 8.48. The number of rotatable bonds is 5. The maximum absolute atomic E-state index is 12.8. The Kier molecular flexibility index (Phi) is 6.59. The lowest BCUT2D eigenvalue weighted by Gasteiger charge is -2.40. The average molecular weight is 345 g/mol. The number of hydrogen-bond acceptors (Lipinski definition) is 3. The Morgan fingerprint density at radius 3 is 2.52 bits per heavy atom. The summed E-state index contributed by atoms with van der Waals surface area (Å²) >= 11 is 0. The van der Waals surface area contributed by atoms with Crippen LogP contribution in [0.4, 0.5) is 0 Å². The molecule has 1 aromatic rings. The van der Waals surface area contributed by atoms with Crippen LogP contribution in [-0.4, -0.2) is 35.8 Å². The van der Waals surface area contributed by atoms with Crippen molar-refractivity contribution in [3.63, 3.8) is 0 Å². The van der Waals surface area contributed by atoms with Crippen LogP contribution in [0.5, 0.6) is 0 Å². The van der Waals surface area contributed by atoms with Crippen molar-refractivity contribution in [1.29, 1.82) is 0 Å². The third kappa shape index (κ3) is 4.82. The number of carbonyl (C=O) groups is 2. The van der Waals surface area contributed by atoms with Crippen molar-refractivity contribution in [3.8, 4) is 0 Å². The fourth-order valence-corrected chi connectivity index (χ4v) is 3.42. The normalized spacial score (nSPS) is 21.9. The summed E-state index contributed by atoms with van der Waals surface area (Å²) in [6.45, 7) is 8.78. The van der Waals surface area contributed by atoms with Crippen molar-refractivity contribution < 1.29 is 9.59 Å². The minimum Gasteiger partial charge on any atom is -0.346 e. The third-order valence-corrected chi connectivity index (χ3v) is 5.11. The Morgan fingerprint density at radius 1 is 1.28 bits per heavy atom. The first-order valence-corrected chi connectivity index (χ1v) is 9.20. The molecule has 0 aliphatic carbocycles. The number of benzene rings is 1. The Bertz CT molecular complexity index is 597. The summed E-state index contributed by atoms with van der Waals surface area (Å²) in [4.78, 5) is 26.7. The molecule has 1 fully saturated rings. The van der Waals surface area contributed by atoms with E-state index < -0.39 is 6.04 Å². The molecule has 1 aliphatic heterocycles. The number of piperidine rings is 1. The van der Waals surface area contributed by atoms with Crippen LogP contribution in [0.15, 0.2) is 24.3 Å². The van der Waals surface area contributed by atoms with Crippen LogP contribution in [0, 0.1) is 18.8 Å². The second-order valence-electron chi connectivity index (χ2n) is 7.55. The highest BCUT2D eigenvalue weighted by Gasteiger charge is 2.33. The smallest absolute Gasteiger partial charge is 0.242 e. The Labute approximate surface area is 151 Å². The second-order valence-corrected chi connectivity index (χ2v) is 7.55. The highest BCUT2D eigenvalue weighted by Crippen LogP contribution is 2.35. The summed E-state index contributed by atoms with van der Waals surface area (Å²) in [7, 11) is 0. The number of nitrogens with zero attached hydrogens (tertiary/aromatic N) is 1. The van der Waals surface area contributed by atoms with E-state index in [1.807, 2.05) is 18.7 Å². The molecule has 1 aliphatic rings. The van der Waals surface area contributed by atoms with Crippen molar-refractivity contribution in [2.24, 2.45) is 17.6 Å². The fraction of sp³-hybridized carbons (Fsp3) is 0.600. The molecule has 25 heavy (non-hydrogen) atoms. The standard InChI is InChI=1S/C20H31N3O2/c1-13(2)18(21)20(25)22-12-17(24)23-11-5-6-15(4)19(23)16-9-7-14(3)8-10-16/h7-10,13,15,18-19H,5-6,11-12,21H2,1-4H3,(H,22,25)/t15?,18-,19?/m0/s1. The fourth-order valence-electron chi connectivity index (χ4n) is 3.42. The zero-order valence-electron chi connectivity index (χ0n) is 15.8. The zero-order chi connectivity index (χ0) is 18.6. The quantitative estimate of drug-likeness (QED) is 0.860. The van der Waals surface area contributed by atoms with Gasteiger partial charge in [-0.2, -0.15) is 0 Å². The lowest BCUT2D eigenvalue weighted by atomic mass is 9.85.